The van der Waals surface area contributed by atoms with E-state index in [1.807, 2.05) is 0 Å². The van der Waals surface area contributed by atoms with Gasteiger partial charge in [0.15, 0.2) is 0 Å². The van der Waals surface area contributed by atoms with Crippen LogP contribution in [0.4, 0.5) is 15.8 Å². The zero-order valence-corrected chi connectivity index (χ0v) is 15.0. The van der Waals surface area contributed by atoms with E-state index >= 15 is 0 Å². The van der Waals surface area contributed by atoms with Gasteiger partial charge in [0.25, 0.3) is 5.91 Å². The maximum Gasteiger partial charge on any atom is 0.255 e. The Morgan fingerprint density at radius 3 is 2.48 bits per heavy atom. The van der Waals surface area contributed by atoms with Crippen molar-refractivity contribution in [3.8, 4) is 0 Å². The molecule has 27 heavy (non-hydrogen) atoms. The molecule has 0 atom stereocenters. The summed E-state index contributed by atoms with van der Waals surface area (Å²) in [5.41, 5.74) is 1.54. The minimum absolute atomic E-state index is 0.0639. The lowest BCUT2D eigenvalue weighted by Crippen LogP contribution is -2.16. The first-order valence-corrected chi connectivity index (χ1v) is 9.09. The van der Waals surface area contributed by atoms with Gasteiger partial charge < -0.3 is 10.6 Å². The van der Waals surface area contributed by atoms with Crippen molar-refractivity contribution in [3.05, 3.63) is 84.4 Å². The molecule has 0 spiro atoms. The molecule has 0 fully saturated rings. The molecule has 2 aromatic carbocycles. The number of thioether (sulfide) groups is 1. The third-order valence-corrected chi connectivity index (χ3v) is 4.59. The Hall–Kier alpha value is -3.19. The van der Waals surface area contributed by atoms with Crippen LogP contribution in [0.2, 0.25) is 0 Å². The highest BCUT2D eigenvalue weighted by molar-refractivity contribution is 8.00. The first-order valence-electron chi connectivity index (χ1n) is 8.10. The molecule has 0 aliphatic carbocycles. The molecule has 0 radical (unpaired) electrons. The summed E-state index contributed by atoms with van der Waals surface area (Å²) >= 11 is 1.11. The standard InChI is InChI=1S/C20H16FN3O2S/c21-17-6-1-2-7-18(17)27-13-19(25)23-16-5-3-4-14(12-16)20(26)24-15-8-10-22-11-9-15/h1-12H,13H2,(H,23,25)(H,22,24,26). The number of anilines is 2. The van der Waals surface area contributed by atoms with E-state index in [2.05, 4.69) is 15.6 Å². The van der Waals surface area contributed by atoms with Gasteiger partial charge in [0.1, 0.15) is 5.82 Å². The highest BCUT2D eigenvalue weighted by Crippen LogP contribution is 2.21. The van der Waals surface area contributed by atoms with E-state index in [-0.39, 0.29) is 23.4 Å². The number of amides is 2. The van der Waals surface area contributed by atoms with Crippen LogP contribution in [0.3, 0.4) is 0 Å². The van der Waals surface area contributed by atoms with Gasteiger partial charge >= 0.3 is 0 Å². The highest BCUT2D eigenvalue weighted by atomic mass is 32.2. The van der Waals surface area contributed by atoms with Crippen LogP contribution in [-0.2, 0) is 4.79 Å². The lowest BCUT2D eigenvalue weighted by atomic mass is 10.2. The summed E-state index contributed by atoms with van der Waals surface area (Å²) in [6.45, 7) is 0. The van der Waals surface area contributed by atoms with Crippen molar-refractivity contribution in [2.75, 3.05) is 16.4 Å². The van der Waals surface area contributed by atoms with Crippen LogP contribution in [-0.4, -0.2) is 22.6 Å². The first-order chi connectivity index (χ1) is 13.1. The third-order valence-electron chi connectivity index (χ3n) is 3.54. The van der Waals surface area contributed by atoms with Gasteiger partial charge in [-0.2, -0.15) is 0 Å². The van der Waals surface area contributed by atoms with E-state index < -0.39 is 0 Å². The lowest BCUT2D eigenvalue weighted by molar-refractivity contribution is -0.113. The van der Waals surface area contributed by atoms with Crippen molar-refractivity contribution in [2.24, 2.45) is 0 Å². The second kappa shape index (κ2) is 8.95. The fraction of sp³-hybridized carbons (Fsp3) is 0.0500. The van der Waals surface area contributed by atoms with Crippen molar-refractivity contribution in [1.82, 2.24) is 4.98 Å². The predicted molar refractivity (Wildman–Crippen MR) is 104 cm³/mol. The number of rotatable bonds is 6. The molecule has 1 heterocycles. The molecule has 0 aliphatic heterocycles. The van der Waals surface area contributed by atoms with E-state index in [1.54, 1.807) is 67.0 Å². The highest BCUT2D eigenvalue weighted by Gasteiger charge is 2.10. The summed E-state index contributed by atoms with van der Waals surface area (Å²) in [7, 11) is 0. The topological polar surface area (TPSA) is 71.1 Å². The van der Waals surface area contributed by atoms with Crippen LogP contribution in [0.5, 0.6) is 0 Å². The average molecular weight is 381 g/mol. The fourth-order valence-corrected chi connectivity index (χ4v) is 3.02. The maximum atomic E-state index is 13.6. The van der Waals surface area contributed by atoms with E-state index in [4.69, 9.17) is 0 Å². The maximum absolute atomic E-state index is 13.6. The number of pyridine rings is 1. The van der Waals surface area contributed by atoms with Crippen LogP contribution in [0.15, 0.2) is 78.0 Å². The fourth-order valence-electron chi connectivity index (χ4n) is 2.28. The summed E-state index contributed by atoms with van der Waals surface area (Å²) in [6, 6.07) is 16.3. The van der Waals surface area contributed by atoms with Gasteiger partial charge in [0.05, 0.1) is 5.75 Å². The summed E-state index contributed by atoms with van der Waals surface area (Å²) in [5.74, 6) is -0.868. The third kappa shape index (κ3) is 5.39. The Bertz CT molecular complexity index is 951. The van der Waals surface area contributed by atoms with Crippen molar-refractivity contribution in [1.29, 1.82) is 0 Å². The van der Waals surface area contributed by atoms with E-state index in [9.17, 15) is 14.0 Å². The number of carbonyl (C=O) groups excluding carboxylic acids is 2. The quantitative estimate of drug-likeness (QED) is 0.628. The van der Waals surface area contributed by atoms with Gasteiger partial charge in [-0.15, -0.1) is 11.8 Å². The van der Waals surface area contributed by atoms with E-state index in [0.717, 1.165) is 11.8 Å². The monoisotopic (exact) mass is 381 g/mol. The zero-order chi connectivity index (χ0) is 19.1. The Morgan fingerprint density at radius 1 is 0.926 bits per heavy atom. The van der Waals surface area contributed by atoms with Crippen LogP contribution in [0.1, 0.15) is 10.4 Å². The van der Waals surface area contributed by atoms with Crippen LogP contribution in [0, 0.1) is 5.82 Å². The molecule has 2 amide bonds. The minimum atomic E-state index is -0.356. The molecule has 0 saturated heterocycles. The van der Waals surface area contributed by atoms with Crippen LogP contribution < -0.4 is 10.6 Å². The number of nitrogens with one attached hydrogen (secondary N) is 2. The Balaban J connectivity index is 1.59. The van der Waals surface area contributed by atoms with Gasteiger partial charge in [-0.1, -0.05) is 18.2 Å². The number of benzene rings is 2. The SMILES string of the molecule is O=C(CSc1ccccc1F)Nc1cccc(C(=O)Nc2ccncc2)c1. The Labute approximate surface area is 160 Å². The summed E-state index contributed by atoms with van der Waals surface area (Å²) < 4.78 is 13.6. The number of halogens is 1. The van der Waals surface area contributed by atoms with Crippen LogP contribution >= 0.6 is 11.8 Å². The molecular formula is C20H16FN3O2S. The molecule has 1 aromatic heterocycles. The second-order valence-electron chi connectivity index (χ2n) is 5.54. The second-order valence-corrected chi connectivity index (χ2v) is 6.56. The molecule has 3 rings (SSSR count). The Kier molecular flexibility index (Phi) is 6.17. The van der Waals surface area contributed by atoms with Crippen molar-refractivity contribution >= 4 is 35.0 Å². The molecule has 0 saturated carbocycles. The van der Waals surface area contributed by atoms with E-state index in [0.29, 0.717) is 21.8 Å². The zero-order valence-electron chi connectivity index (χ0n) is 14.2. The average Bonchev–Trinajstić information content (AvgIpc) is 2.68. The van der Waals surface area contributed by atoms with Crippen molar-refractivity contribution in [3.63, 3.8) is 0 Å². The predicted octanol–water partition coefficient (Wildman–Crippen LogP) is 4.20. The molecule has 0 aliphatic rings. The number of carbonyl (C=O) groups is 2. The molecular weight excluding hydrogens is 365 g/mol. The molecule has 3 aromatic rings. The lowest BCUT2D eigenvalue weighted by Gasteiger charge is -2.08. The van der Waals surface area contributed by atoms with Crippen molar-refractivity contribution in [2.45, 2.75) is 4.90 Å². The van der Waals surface area contributed by atoms with Crippen LogP contribution in [0.25, 0.3) is 0 Å². The summed E-state index contributed by atoms with van der Waals surface area (Å²) in [4.78, 5) is 28.7. The molecule has 2 N–H and O–H groups in total. The van der Waals surface area contributed by atoms with Gasteiger partial charge in [-0.25, -0.2) is 4.39 Å². The van der Waals surface area contributed by atoms with Gasteiger partial charge in [-0.05, 0) is 42.5 Å². The number of hydrogen-bond donors (Lipinski definition) is 2. The smallest absolute Gasteiger partial charge is 0.255 e. The molecule has 5 nitrogen and oxygen atoms in total. The Morgan fingerprint density at radius 2 is 1.70 bits per heavy atom. The summed E-state index contributed by atoms with van der Waals surface area (Å²) in [5, 5.41) is 5.47. The number of nitrogens with zero attached hydrogens (tertiary/aromatic N) is 1. The molecule has 0 bridgehead atoms. The van der Waals surface area contributed by atoms with Crippen molar-refractivity contribution < 1.29 is 14.0 Å². The largest absolute Gasteiger partial charge is 0.325 e. The minimum Gasteiger partial charge on any atom is -0.325 e. The first kappa shape index (κ1) is 18.6. The number of hydrogen-bond acceptors (Lipinski definition) is 4. The van der Waals surface area contributed by atoms with Gasteiger partial charge in [-0.3, -0.25) is 14.6 Å². The molecule has 136 valence electrons. The number of aromatic nitrogens is 1. The summed E-state index contributed by atoms with van der Waals surface area (Å²) in [6.07, 6.45) is 3.17. The van der Waals surface area contributed by atoms with E-state index in [1.165, 1.54) is 6.07 Å². The molecule has 7 heteroatoms. The van der Waals surface area contributed by atoms with Gasteiger partial charge in [0, 0.05) is 34.2 Å². The normalized spacial score (nSPS) is 10.3. The molecule has 0 unspecified atom stereocenters. The van der Waals surface area contributed by atoms with Gasteiger partial charge in [0.2, 0.25) is 5.91 Å².